The average Bonchev–Trinajstić information content (AvgIpc) is 2.53. The molecule has 116 valence electrons. The van der Waals surface area contributed by atoms with Crippen molar-refractivity contribution in [2.75, 3.05) is 5.73 Å². The van der Waals surface area contributed by atoms with Crippen LogP contribution in [0.25, 0.3) is 22.5 Å². The van der Waals surface area contributed by atoms with E-state index in [0.717, 1.165) is 16.7 Å². The van der Waals surface area contributed by atoms with Crippen LogP contribution in [0.2, 0.25) is 0 Å². The number of nitrogens with two attached hydrogens (primary N) is 1. The normalized spacial score (nSPS) is 10.7. The quantitative estimate of drug-likeness (QED) is 0.735. The van der Waals surface area contributed by atoms with E-state index in [0.29, 0.717) is 22.6 Å². The first-order valence-electron chi connectivity index (χ1n) is 7.29. The summed E-state index contributed by atoms with van der Waals surface area (Å²) in [6.45, 7) is 3.91. The Morgan fingerprint density at radius 3 is 2.26 bits per heavy atom. The summed E-state index contributed by atoms with van der Waals surface area (Å²) in [6.07, 6.45) is 0. The van der Waals surface area contributed by atoms with Crippen LogP contribution in [0.3, 0.4) is 0 Å². The number of hydrogen-bond donors (Lipinski definition) is 2. The Hall–Kier alpha value is -2.88. The van der Waals surface area contributed by atoms with Crippen LogP contribution in [0.15, 0.2) is 48.5 Å². The number of aryl methyl sites for hydroxylation is 2. The van der Waals surface area contributed by atoms with Gasteiger partial charge in [0.05, 0.1) is 17.1 Å². The first kappa shape index (κ1) is 15.0. The van der Waals surface area contributed by atoms with Crippen molar-refractivity contribution in [2.24, 2.45) is 0 Å². The maximum atomic E-state index is 13.6. The third kappa shape index (κ3) is 2.88. The van der Waals surface area contributed by atoms with E-state index in [2.05, 4.69) is 4.98 Å². The number of aromatic hydroxyl groups is 1. The van der Waals surface area contributed by atoms with Crippen molar-refractivity contribution >= 4 is 5.69 Å². The van der Waals surface area contributed by atoms with Crippen molar-refractivity contribution in [3.8, 4) is 28.3 Å². The van der Waals surface area contributed by atoms with Crippen LogP contribution < -0.4 is 5.73 Å². The molecule has 1 heterocycles. The van der Waals surface area contributed by atoms with E-state index >= 15 is 0 Å². The van der Waals surface area contributed by atoms with Crippen molar-refractivity contribution in [1.29, 1.82) is 0 Å². The van der Waals surface area contributed by atoms with E-state index < -0.39 is 5.82 Å². The number of phenols is 1. The molecular weight excluding hydrogens is 291 g/mol. The minimum atomic E-state index is -0.671. The van der Waals surface area contributed by atoms with Gasteiger partial charge in [-0.3, -0.25) is 0 Å². The highest BCUT2D eigenvalue weighted by atomic mass is 19.1. The van der Waals surface area contributed by atoms with E-state index in [1.165, 1.54) is 12.1 Å². The van der Waals surface area contributed by atoms with Gasteiger partial charge in [0.1, 0.15) is 0 Å². The largest absolute Gasteiger partial charge is 0.505 e. The maximum Gasteiger partial charge on any atom is 0.165 e. The molecule has 0 aliphatic heterocycles. The zero-order valence-electron chi connectivity index (χ0n) is 13.0. The van der Waals surface area contributed by atoms with Gasteiger partial charge in [0.15, 0.2) is 11.6 Å². The third-order valence-electron chi connectivity index (χ3n) is 3.83. The Kier molecular flexibility index (Phi) is 3.74. The van der Waals surface area contributed by atoms with Crippen molar-refractivity contribution in [1.82, 2.24) is 4.98 Å². The highest BCUT2D eigenvalue weighted by Gasteiger charge is 2.12. The molecule has 3 nitrogen and oxygen atoms in total. The lowest BCUT2D eigenvalue weighted by molar-refractivity contribution is 0.432. The summed E-state index contributed by atoms with van der Waals surface area (Å²) in [6, 6.07) is 14.0. The zero-order chi connectivity index (χ0) is 16.6. The Labute approximate surface area is 134 Å². The molecule has 23 heavy (non-hydrogen) atoms. The highest BCUT2D eigenvalue weighted by Crippen LogP contribution is 2.32. The molecule has 4 heteroatoms. The van der Waals surface area contributed by atoms with Crippen molar-refractivity contribution in [2.45, 2.75) is 13.8 Å². The summed E-state index contributed by atoms with van der Waals surface area (Å²) in [5, 5.41) is 9.33. The molecule has 0 bridgehead atoms. The molecule has 3 N–H and O–H groups in total. The molecular formula is C19H17FN2O. The molecule has 0 unspecified atom stereocenters. The molecule has 0 saturated heterocycles. The average molecular weight is 308 g/mol. The molecule has 0 spiro atoms. The zero-order valence-corrected chi connectivity index (χ0v) is 13.0. The van der Waals surface area contributed by atoms with E-state index in [1.807, 2.05) is 44.2 Å². The van der Waals surface area contributed by atoms with Gasteiger partial charge in [-0.05, 0) is 43.7 Å². The SMILES string of the molecule is Cc1ccc(-c2nc(-c3ccc(O)c(F)c3)cc(C)c2N)cc1. The number of hydrogen-bond acceptors (Lipinski definition) is 3. The summed E-state index contributed by atoms with van der Waals surface area (Å²) in [4.78, 5) is 4.60. The number of aromatic nitrogens is 1. The lowest BCUT2D eigenvalue weighted by Gasteiger charge is -2.12. The minimum absolute atomic E-state index is 0.375. The number of anilines is 1. The highest BCUT2D eigenvalue weighted by molar-refractivity contribution is 5.78. The number of rotatable bonds is 2. The second kappa shape index (κ2) is 5.72. The number of pyridine rings is 1. The maximum absolute atomic E-state index is 13.6. The summed E-state index contributed by atoms with van der Waals surface area (Å²) < 4.78 is 13.6. The van der Waals surface area contributed by atoms with E-state index in [4.69, 9.17) is 5.73 Å². The minimum Gasteiger partial charge on any atom is -0.505 e. The molecule has 3 rings (SSSR count). The van der Waals surface area contributed by atoms with Gasteiger partial charge in [-0.2, -0.15) is 0 Å². The van der Waals surface area contributed by atoms with E-state index in [9.17, 15) is 9.50 Å². The van der Waals surface area contributed by atoms with Gasteiger partial charge in [-0.15, -0.1) is 0 Å². The molecule has 0 fully saturated rings. The van der Waals surface area contributed by atoms with Crippen LogP contribution in [0, 0.1) is 19.7 Å². The van der Waals surface area contributed by atoms with Gasteiger partial charge in [0, 0.05) is 11.1 Å². The fraction of sp³-hybridized carbons (Fsp3) is 0.105. The van der Waals surface area contributed by atoms with Crippen LogP contribution in [0.4, 0.5) is 10.1 Å². The number of halogens is 1. The summed E-state index contributed by atoms with van der Waals surface area (Å²) in [5.41, 5.74) is 11.6. The summed E-state index contributed by atoms with van der Waals surface area (Å²) in [7, 11) is 0. The first-order valence-corrected chi connectivity index (χ1v) is 7.29. The smallest absolute Gasteiger partial charge is 0.165 e. The second-order valence-corrected chi connectivity index (χ2v) is 5.62. The lowest BCUT2D eigenvalue weighted by atomic mass is 10.0. The van der Waals surface area contributed by atoms with Crippen molar-refractivity contribution in [3.63, 3.8) is 0 Å². The lowest BCUT2D eigenvalue weighted by Crippen LogP contribution is -1.99. The number of benzene rings is 2. The Bertz CT molecular complexity index is 873. The van der Waals surface area contributed by atoms with E-state index in [-0.39, 0.29) is 5.75 Å². The first-order chi connectivity index (χ1) is 11.0. The third-order valence-corrected chi connectivity index (χ3v) is 3.83. The predicted octanol–water partition coefficient (Wildman–Crippen LogP) is 4.46. The van der Waals surface area contributed by atoms with Gasteiger partial charge in [0.25, 0.3) is 0 Å². The van der Waals surface area contributed by atoms with Gasteiger partial charge < -0.3 is 10.8 Å². The molecule has 0 saturated carbocycles. The summed E-state index contributed by atoms with van der Waals surface area (Å²) >= 11 is 0. The Morgan fingerprint density at radius 1 is 0.957 bits per heavy atom. The standard InChI is InChI=1S/C19H17FN2O/c1-11-3-5-13(6-4-11)19-18(21)12(2)9-16(22-19)14-7-8-17(23)15(20)10-14/h3-10,23H,21H2,1-2H3. The van der Waals surface area contributed by atoms with Gasteiger partial charge >= 0.3 is 0 Å². The molecule has 3 aromatic rings. The Morgan fingerprint density at radius 2 is 1.61 bits per heavy atom. The molecule has 0 amide bonds. The van der Waals surface area contributed by atoms with Crippen LogP contribution in [-0.4, -0.2) is 10.1 Å². The van der Waals surface area contributed by atoms with E-state index in [1.54, 1.807) is 6.07 Å². The second-order valence-electron chi connectivity index (χ2n) is 5.62. The molecule has 0 aliphatic rings. The predicted molar refractivity (Wildman–Crippen MR) is 90.6 cm³/mol. The van der Waals surface area contributed by atoms with Gasteiger partial charge in [0.2, 0.25) is 0 Å². The van der Waals surface area contributed by atoms with Crippen LogP contribution in [0.1, 0.15) is 11.1 Å². The van der Waals surface area contributed by atoms with Crippen molar-refractivity contribution in [3.05, 3.63) is 65.5 Å². The van der Waals surface area contributed by atoms with Gasteiger partial charge in [-0.1, -0.05) is 29.8 Å². The molecule has 0 aliphatic carbocycles. The fourth-order valence-electron chi connectivity index (χ4n) is 2.43. The monoisotopic (exact) mass is 308 g/mol. The van der Waals surface area contributed by atoms with Crippen LogP contribution in [-0.2, 0) is 0 Å². The molecule has 1 aromatic heterocycles. The number of phenolic OH excluding ortho intramolecular Hbond substituents is 1. The van der Waals surface area contributed by atoms with Crippen LogP contribution in [0.5, 0.6) is 5.75 Å². The summed E-state index contributed by atoms with van der Waals surface area (Å²) in [5.74, 6) is -1.05. The van der Waals surface area contributed by atoms with Crippen molar-refractivity contribution < 1.29 is 9.50 Å². The molecule has 2 aromatic carbocycles. The van der Waals surface area contributed by atoms with Crippen LogP contribution >= 0.6 is 0 Å². The van der Waals surface area contributed by atoms with Gasteiger partial charge in [-0.25, -0.2) is 9.37 Å². The molecule has 0 atom stereocenters. The number of nitrogens with zero attached hydrogens (tertiary/aromatic N) is 1. The fourth-order valence-corrected chi connectivity index (χ4v) is 2.43. The Balaban J connectivity index is 2.16. The topological polar surface area (TPSA) is 59.1 Å². The number of nitrogen functional groups attached to an aromatic ring is 1. The molecule has 0 radical (unpaired) electrons.